The number of aromatic nitrogens is 2. The molecule has 0 radical (unpaired) electrons. The molecule has 1 aliphatic carbocycles. The van der Waals surface area contributed by atoms with E-state index in [0.717, 1.165) is 31.7 Å². The van der Waals surface area contributed by atoms with Gasteiger partial charge in [-0.1, -0.05) is 0 Å². The second-order valence-corrected chi connectivity index (χ2v) is 5.15. The molecule has 4 nitrogen and oxygen atoms in total. The highest BCUT2D eigenvalue weighted by Gasteiger charge is 2.37. The van der Waals surface area contributed by atoms with Gasteiger partial charge in [-0.25, -0.2) is 0 Å². The molecule has 7 heteroatoms. The summed E-state index contributed by atoms with van der Waals surface area (Å²) in [5.41, 5.74) is -1.13. The molecule has 0 spiro atoms. The van der Waals surface area contributed by atoms with Crippen molar-refractivity contribution in [3.05, 3.63) is 18.0 Å². The lowest BCUT2D eigenvalue weighted by molar-refractivity contribution is -0.137. The van der Waals surface area contributed by atoms with Gasteiger partial charge in [-0.2, -0.15) is 18.3 Å². The first-order valence-corrected chi connectivity index (χ1v) is 6.31. The molecule has 0 aliphatic heterocycles. The number of rotatable bonds is 3. The summed E-state index contributed by atoms with van der Waals surface area (Å²) in [6, 6.07) is -0.107. The van der Waals surface area contributed by atoms with E-state index in [0.29, 0.717) is 6.42 Å². The van der Waals surface area contributed by atoms with Crippen LogP contribution in [0.2, 0.25) is 0 Å². The van der Waals surface area contributed by atoms with Gasteiger partial charge in [-0.3, -0.25) is 4.68 Å². The lowest BCUT2D eigenvalue weighted by Gasteiger charge is -2.39. The van der Waals surface area contributed by atoms with Crippen molar-refractivity contribution in [1.29, 1.82) is 0 Å². The van der Waals surface area contributed by atoms with Crippen LogP contribution in [-0.2, 0) is 6.18 Å². The average Bonchev–Trinajstić information content (AvgIpc) is 2.88. The fourth-order valence-electron chi connectivity index (χ4n) is 2.69. The molecule has 108 valence electrons. The van der Waals surface area contributed by atoms with E-state index < -0.39 is 17.3 Å². The molecule has 1 fully saturated rings. The molecule has 1 heterocycles. The van der Waals surface area contributed by atoms with E-state index in [2.05, 4.69) is 10.4 Å². The Morgan fingerprint density at radius 2 is 2.32 bits per heavy atom. The zero-order valence-electron chi connectivity index (χ0n) is 10.7. The molecule has 0 amide bonds. The van der Waals surface area contributed by atoms with Gasteiger partial charge in [-0.05, 0) is 32.7 Å². The highest BCUT2D eigenvalue weighted by Crippen LogP contribution is 2.36. The fraction of sp³-hybridized carbons (Fsp3) is 0.750. The van der Waals surface area contributed by atoms with Gasteiger partial charge >= 0.3 is 6.18 Å². The number of hydrogen-bond donors (Lipinski definition) is 2. The molecule has 1 aromatic rings. The van der Waals surface area contributed by atoms with E-state index in [-0.39, 0.29) is 12.6 Å². The third kappa shape index (κ3) is 2.92. The molecule has 2 N–H and O–H groups in total. The summed E-state index contributed by atoms with van der Waals surface area (Å²) < 4.78 is 39.0. The maximum absolute atomic E-state index is 12.5. The SMILES string of the molecule is CNC1(CO)CCCC(n2cc(C(F)(F)F)cn2)C1. The van der Waals surface area contributed by atoms with Gasteiger partial charge < -0.3 is 10.4 Å². The number of nitrogens with zero attached hydrogens (tertiary/aromatic N) is 2. The fourth-order valence-corrected chi connectivity index (χ4v) is 2.69. The van der Waals surface area contributed by atoms with Crippen LogP contribution < -0.4 is 5.32 Å². The summed E-state index contributed by atoms with van der Waals surface area (Å²) in [5, 5.41) is 16.4. The Labute approximate surface area is 109 Å². The Kier molecular flexibility index (Phi) is 3.87. The lowest BCUT2D eigenvalue weighted by Crippen LogP contribution is -2.50. The van der Waals surface area contributed by atoms with Gasteiger partial charge in [-0.15, -0.1) is 0 Å². The lowest BCUT2D eigenvalue weighted by atomic mass is 9.79. The molecular weight excluding hydrogens is 259 g/mol. The summed E-state index contributed by atoms with van der Waals surface area (Å²) in [4.78, 5) is 0. The second-order valence-electron chi connectivity index (χ2n) is 5.15. The maximum Gasteiger partial charge on any atom is 0.419 e. The zero-order valence-corrected chi connectivity index (χ0v) is 10.7. The van der Waals surface area contributed by atoms with Crippen molar-refractivity contribution in [2.45, 2.75) is 43.4 Å². The van der Waals surface area contributed by atoms with Crippen molar-refractivity contribution < 1.29 is 18.3 Å². The highest BCUT2D eigenvalue weighted by molar-refractivity contribution is 5.09. The molecule has 1 aromatic heterocycles. The number of aliphatic hydroxyl groups excluding tert-OH is 1. The number of hydrogen-bond acceptors (Lipinski definition) is 3. The summed E-state index contributed by atoms with van der Waals surface area (Å²) in [6.45, 7) is -0.0204. The Balaban J connectivity index is 2.16. The van der Waals surface area contributed by atoms with E-state index in [1.54, 1.807) is 7.05 Å². The van der Waals surface area contributed by atoms with Gasteiger partial charge in [0.1, 0.15) is 0 Å². The first-order chi connectivity index (χ1) is 8.90. The van der Waals surface area contributed by atoms with Crippen LogP contribution in [0.25, 0.3) is 0 Å². The summed E-state index contributed by atoms with van der Waals surface area (Å²) >= 11 is 0. The van der Waals surface area contributed by atoms with Crippen LogP contribution >= 0.6 is 0 Å². The number of alkyl halides is 3. The number of likely N-dealkylation sites (N-methyl/N-ethyl adjacent to an activating group) is 1. The highest BCUT2D eigenvalue weighted by atomic mass is 19.4. The maximum atomic E-state index is 12.5. The monoisotopic (exact) mass is 277 g/mol. The van der Waals surface area contributed by atoms with Gasteiger partial charge in [0.05, 0.1) is 24.4 Å². The van der Waals surface area contributed by atoms with E-state index in [9.17, 15) is 18.3 Å². The number of aliphatic hydroxyl groups is 1. The van der Waals surface area contributed by atoms with E-state index in [4.69, 9.17) is 0 Å². The van der Waals surface area contributed by atoms with E-state index in [1.807, 2.05) is 0 Å². The Bertz CT molecular complexity index is 426. The van der Waals surface area contributed by atoms with Crippen molar-refractivity contribution in [2.24, 2.45) is 0 Å². The van der Waals surface area contributed by atoms with Crippen LogP contribution in [0.3, 0.4) is 0 Å². The van der Waals surface area contributed by atoms with Crippen molar-refractivity contribution >= 4 is 0 Å². The summed E-state index contributed by atoms with van der Waals surface area (Å²) in [7, 11) is 1.77. The van der Waals surface area contributed by atoms with Gasteiger partial charge in [0, 0.05) is 11.7 Å². The Morgan fingerprint density at radius 3 is 2.84 bits per heavy atom. The summed E-state index contributed by atoms with van der Waals surface area (Å²) in [5.74, 6) is 0. The van der Waals surface area contributed by atoms with Crippen LogP contribution in [0.4, 0.5) is 13.2 Å². The van der Waals surface area contributed by atoms with Crippen molar-refractivity contribution in [2.75, 3.05) is 13.7 Å². The molecule has 2 unspecified atom stereocenters. The molecule has 19 heavy (non-hydrogen) atoms. The molecule has 0 bridgehead atoms. The van der Waals surface area contributed by atoms with Gasteiger partial charge in [0.25, 0.3) is 0 Å². The third-order valence-electron chi connectivity index (χ3n) is 3.95. The molecule has 2 rings (SSSR count). The number of halogens is 3. The van der Waals surface area contributed by atoms with Crippen LogP contribution in [0.15, 0.2) is 12.4 Å². The minimum atomic E-state index is -4.36. The van der Waals surface area contributed by atoms with Gasteiger partial charge in [0.15, 0.2) is 0 Å². The predicted molar refractivity (Wildman–Crippen MR) is 63.6 cm³/mol. The third-order valence-corrected chi connectivity index (χ3v) is 3.95. The van der Waals surface area contributed by atoms with E-state index in [1.165, 1.54) is 4.68 Å². The number of nitrogens with one attached hydrogen (secondary N) is 1. The molecule has 1 saturated carbocycles. The van der Waals surface area contributed by atoms with Crippen molar-refractivity contribution in [3.63, 3.8) is 0 Å². The quantitative estimate of drug-likeness (QED) is 0.888. The normalized spacial score (nSPS) is 28.6. The summed E-state index contributed by atoms with van der Waals surface area (Å²) in [6.07, 6.45) is 0.588. The molecule has 0 aromatic carbocycles. The second kappa shape index (κ2) is 5.13. The van der Waals surface area contributed by atoms with Crippen LogP contribution in [-0.4, -0.2) is 34.1 Å². The van der Waals surface area contributed by atoms with Crippen LogP contribution in [0.5, 0.6) is 0 Å². The first kappa shape index (κ1) is 14.3. The smallest absolute Gasteiger partial charge is 0.394 e. The van der Waals surface area contributed by atoms with Gasteiger partial charge in [0.2, 0.25) is 0 Å². The molecule has 2 atom stereocenters. The molecular formula is C12H18F3N3O. The Morgan fingerprint density at radius 1 is 1.58 bits per heavy atom. The first-order valence-electron chi connectivity index (χ1n) is 6.31. The molecule has 0 saturated heterocycles. The van der Waals surface area contributed by atoms with E-state index >= 15 is 0 Å². The largest absolute Gasteiger partial charge is 0.419 e. The minimum Gasteiger partial charge on any atom is -0.394 e. The van der Waals surface area contributed by atoms with Crippen molar-refractivity contribution in [1.82, 2.24) is 15.1 Å². The van der Waals surface area contributed by atoms with Crippen LogP contribution in [0, 0.1) is 0 Å². The standard InChI is InChI=1S/C12H18F3N3O/c1-16-11(8-19)4-2-3-10(5-11)18-7-9(6-17-18)12(13,14)15/h6-7,10,16,19H,2-5,8H2,1H3. The average molecular weight is 277 g/mol. The zero-order chi connectivity index (χ0) is 14.1. The predicted octanol–water partition coefficient (Wildman–Crippen LogP) is 1.97. The topological polar surface area (TPSA) is 50.1 Å². The molecule has 1 aliphatic rings. The minimum absolute atomic E-state index is 0.0204. The Hall–Kier alpha value is -1.08. The van der Waals surface area contributed by atoms with Crippen molar-refractivity contribution in [3.8, 4) is 0 Å². The van der Waals surface area contributed by atoms with Crippen LogP contribution in [0.1, 0.15) is 37.3 Å².